The third-order valence-corrected chi connectivity index (χ3v) is 6.26. The molecular formula is C20H31N3O2. The van der Waals surface area contributed by atoms with Crippen LogP contribution in [0.2, 0.25) is 0 Å². The number of ketones is 2. The van der Waals surface area contributed by atoms with Gasteiger partial charge in [-0.15, -0.1) is 0 Å². The van der Waals surface area contributed by atoms with Gasteiger partial charge in [-0.05, 0) is 31.2 Å². The minimum atomic E-state index is -0.669. The van der Waals surface area contributed by atoms with Crippen LogP contribution in [0.5, 0.6) is 0 Å². The first-order chi connectivity index (χ1) is 12.0. The van der Waals surface area contributed by atoms with Gasteiger partial charge in [-0.2, -0.15) is 0 Å². The predicted molar refractivity (Wildman–Crippen MR) is 97.3 cm³/mol. The van der Waals surface area contributed by atoms with E-state index in [0.717, 1.165) is 63.9 Å². The fraction of sp³-hybridized carbons (Fsp3) is 0.750. The van der Waals surface area contributed by atoms with Crippen LogP contribution in [-0.4, -0.2) is 46.1 Å². The Balaban J connectivity index is 1.64. The Bertz CT molecular complexity index is 582. The van der Waals surface area contributed by atoms with E-state index in [4.69, 9.17) is 0 Å². The van der Waals surface area contributed by atoms with Crippen LogP contribution in [0.1, 0.15) is 64.5 Å². The smallest absolute Gasteiger partial charge is 0.147 e. The van der Waals surface area contributed by atoms with Gasteiger partial charge >= 0.3 is 0 Å². The summed E-state index contributed by atoms with van der Waals surface area (Å²) in [5.74, 6) is 0.450. The molecule has 1 aromatic heterocycles. The third-order valence-electron chi connectivity index (χ3n) is 6.26. The van der Waals surface area contributed by atoms with Gasteiger partial charge in [-0.25, -0.2) is 4.98 Å². The quantitative estimate of drug-likeness (QED) is 0.771. The van der Waals surface area contributed by atoms with Crippen molar-refractivity contribution in [2.75, 3.05) is 19.6 Å². The molecule has 0 unspecified atom stereocenters. The van der Waals surface area contributed by atoms with Crippen molar-refractivity contribution >= 4 is 11.6 Å². The zero-order valence-corrected chi connectivity index (χ0v) is 15.6. The largest absolute Gasteiger partial charge is 0.348 e. The molecule has 5 nitrogen and oxygen atoms in total. The molecule has 0 bridgehead atoms. The molecule has 25 heavy (non-hydrogen) atoms. The Morgan fingerprint density at radius 3 is 2.40 bits per heavy atom. The second-order valence-electron chi connectivity index (χ2n) is 8.14. The third kappa shape index (κ3) is 3.57. The van der Waals surface area contributed by atoms with E-state index in [1.807, 2.05) is 6.20 Å². The van der Waals surface area contributed by atoms with Crippen molar-refractivity contribution in [2.45, 2.75) is 65.2 Å². The molecule has 3 rings (SSSR count). The van der Waals surface area contributed by atoms with Crippen molar-refractivity contribution in [1.82, 2.24) is 14.9 Å². The van der Waals surface area contributed by atoms with Gasteiger partial charge in [0.25, 0.3) is 0 Å². The summed E-state index contributed by atoms with van der Waals surface area (Å²) in [6.07, 6.45) is 9.95. The fourth-order valence-corrected chi connectivity index (χ4v) is 4.98. The number of carbonyl (C=O) groups excluding carboxylic acids is 2. The SMILES string of the molecule is CCCC1(CCC)C(=O)CC2(CCN(CCc3cnc[nH]3)C2)CC1=O. The van der Waals surface area contributed by atoms with E-state index in [0.29, 0.717) is 12.8 Å². The van der Waals surface area contributed by atoms with Gasteiger partial charge in [-0.3, -0.25) is 9.59 Å². The van der Waals surface area contributed by atoms with Crippen LogP contribution in [0.15, 0.2) is 12.5 Å². The molecule has 2 heterocycles. The minimum Gasteiger partial charge on any atom is -0.348 e. The maximum Gasteiger partial charge on any atom is 0.147 e. The van der Waals surface area contributed by atoms with Crippen molar-refractivity contribution in [3.8, 4) is 0 Å². The Morgan fingerprint density at radius 1 is 1.16 bits per heavy atom. The van der Waals surface area contributed by atoms with Gasteiger partial charge in [0.05, 0.1) is 11.7 Å². The molecule has 0 radical (unpaired) electrons. The average Bonchev–Trinajstić information content (AvgIpc) is 3.21. The summed E-state index contributed by atoms with van der Waals surface area (Å²) in [7, 11) is 0. The van der Waals surface area contributed by atoms with Gasteiger partial charge in [0, 0.05) is 44.2 Å². The summed E-state index contributed by atoms with van der Waals surface area (Å²) >= 11 is 0. The molecule has 5 heteroatoms. The molecule has 2 aliphatic rings. The lowest BCUT2D eigenvalue weighted by Crippen LogP contribution is -2.50. The Morgan fingerprint density at radius 2 is 1.84 bits per heavy atom. The number of H-pyrrole nitrogens is 1. The number of hydrogen-bond acceptors (Lipinski definition) is 4. The normalized spacial score (nSPS) is 22.8. The van der Waals surface area contributed by atoms with Gasteiger partial charge in [0.1, 0.15) is 11.6 Å². The zero-order valence-electron chi connectivity index (χ0n) is 15.6. The van der Waals surface area contributed by atoms with Crippen LogP contribution in [0, 0.1) is 10.8 Å². The molecular weight excluding hydrogens is 314 g/mol. The van der Waals surface area contributed by atoms with Crippen molar-refractivity contribution in [2.24, 2.45) is 10.8 Å². The van der Waals surface area contributed by atoms with Crippen LogP contribution < -0.4 is 0 Å². The van der Waals surface area contributed by atoms with Gasteiger partial charge in [0.2, 0.25) is 0 Å². The van der Waals surface area contributed by atoms with Crippen molar-refractivity contribution in [3.05, 3.63) is 18.2 Å². The highest BCUT2D eigenvalue weighted by molar-refractivity contribution is 6.09. The monoisotopic (exact) mass is 345 g/mol. The number of likely N-dealkylation sites (tertiary alicyclic amines) is 1. The summed E-state index contributed by atoms with van der Waals surface area (Å²) in [6, 6.07) is 0. The highest BCUT2D eigenvalue weighted by Crippen LogP contribution is 2.49. The number of rotatable bonds is 7. The standard InChI is InChI=1S/C20H31N3O2/c1-3-6-20(7-4-2)17(24)11-19(12-18(20)25)8-10-23(14-19)9-5-16-13-21-15-22-16/h13,15H,3-12,14H2,1-2H3,(H,21,22). The van der Waals surface area contributed by atoms with Crippen molar-refractivity contribution < 1.29 is 9.59 Å². The zero-order chi connectivity index (χ0) is 17.9. The second kappa shape index (κ2) is 7.40. The summed E-state index contributed by atoms with van der Waals surface area (Å²) in [4.78, 5) is 35.7. The first-order valence-corrected chi connectivity index (χ1v) is 9.80. The molecule has 1 spiro atoms. The maximum atomic E-state index is 13.1. The fourth-order valence-electron chi connectivity index (χ4n) is 4.98. The first kappa shape index (κ1) is 18.3. The van der Waals surface area contributed by atoms with Crippen LogP contribution in [-0.2, 0) is 16.0 Å². The number of aromatic amines is 1. The van der Waals surface area contributed by atoms with Crippen molar-refractivity contribution in [3.63, 3.8) is 0 Å². The second-order valence-corrected chi connectivity index (χ2v) is 8.14. The van der Waals surface area contributed by atoms with E-state index in [1.165, 1.54) is 0 Å². The number of imidazole rings is 1. The Hall–Kier alpha value is -1.49. The molecule has 1 aliphatic carbocycles. The number of nitrogens with one attached hydrogen (secondary N) is 1. The molecule has 0 aromatic carbocycles. The van der Waals surface area contributed by atoms with E-state index >= 15 is 0 Å². The molecule has 138 valence electrons. The molecule has 0 amide bonds. The molecule has 1 saturated heterocycles. The molecule has 0 atom stereocenters. The molecule has 1 saturated carbocycles. The lowest BCUT2D eigenvalue weighted by Gasteiger charge is -2.42. The Kier molecular flexibility index (Phi) is 5.42. The molecule has 2 fully saturated rings. The molecule has 1 N–H and O–H groups in total. The summed E-state index contributed by atoms with van der Waals surface area (Å²) < 4.78 is 0. The van der Waals surface area contributed by atoms with E-state index in [2.05, 4.69) is 28.7 Å². The minimum absolute atomic E-state index is 0.104. The number of carbonyl (C=O) groups is 2. The lowest BCUT2D eigenvalue weighted by molar-refractivity contribution is -0.150. The highest BCUT2D eigenvalue weighted by Gasteiger charge is 2.54. The van der Waals surface area contributed by atoms with Gasteiger partial charge in [0.15, 0.2) is 0 Å². The Labute approximate surface area is 150 Å². The number of nitrogens with zero attached hydrogens (tertiary/aromatic N) is 2. The first-order valence-electron chi connectivity index (χ1n) is 9.80. The number of Topliss-reactive ketones (excluding diaryl/α,β-unsaturated/α-hetero) is 2. The summed E-state index contributed by atoms with van der Waals surface area (Å²) in [5.41, 5.74) is 0.368. The van der Waals surface area contributed by atoms with E-state index in [-0.39, 0.29) is 17.0 Å². The number of aromatic nitrogens is 2. The van der Waals surface area contributed by atoms with Crippen LogP contribution in [0.25, 0.3) is 0 Å². The summed E-state index contributed by atoms with van der Waals surface area (Å²) in [6.45, 7) is 6.99. The van der Waals surface area contributed by atoms with Gasteiger partial charge in [-0.1, -0.05) is 26.7 Å². The van der Waals surface area contributed by atoms with E-state index in [9.17, 15) is 9.59 Å². The predicted octanol–water partition coefficient (Wildman–Crippen LogP) is 3.16. The van der Waals surface area contributed by atoms with E-state index in [1.54, 1.807) is 6.33 Å². The van der Waals surface area contributed by atoms with Crippen LogP contribution in [0.4, 0.5) is 0 Å². The average molecular weight is 345 g/mol. The van der Waals surface area contributed by atoms with Crippen molar-refractivity contribution in [1.29, 1.82) is 0 Å². The summed E-state index contributed by atoms with van der Waals surface area (Å²) in [5, 5.41) is 0. The van der Waals surface area contributed by atoms with Crippen LogP contribution >= 0.6 is 0 Å². The maximum absolute atomic E-state index is 13.1. The topological polar surface area (TPSA) is 66.1 Å². The highest BCUT2D eigenvalue weighted by atomic mass is 16.2. The lowest BCUT2D eigenvalue weighted by atomic mass is 9.59. The van der Waals surface area contributed by atoms with E-state index < -0.39 is 5.41 Å². The van der Waals surface area contributed by atoms with Gasteiger partial charge < -0.3 is 9.88 Å². The molecule has 1 aliphatic heterocycles. The van der Waals surface area contributed by atoms with Crippen LogP contribution in [0.3, 0.4) is 0 Å². The molecule has 1 aromatic rings. The number of hydrogen-bond donors (Lipinski definition) is 1.